The topological polar surface area (TPSA) is 111 Å². The third-order valence-corrected chi connectivity index (χ3v) is 4.66. The van der Waals surface area contributed by atoms with Crippen molar-refractivity contribution in [3.8, 4) is 11.5 Å². The lowest BCUT2D eigenvalue weighted by Crippen LogP contribution is -2.15. The summed E-state index contributed by atoms with van der Waals surface area (Å²) in [5.41, 5.74) is 0.905. The molecule has 26 heavy (non-hydrogen) atoms. The van der Waals surface area contributed by atoms with Gasteiger partial charge in [-0.1, -0.05) is 11.8 Å². The molecule has 0 aliphatic heterocycles. The second-order valence-corrected chi connectivity index (χ2v) is 6.20. The summed E-state index contributed by atoms with van der Waals surface area (Å²) in [7, 11) is 4.81. The van der Waals surface area contributed by atoms with Crippen molar-refractivity contribution >= 4 is 34.5 Å². The normalized spacial score (nSPS) is 10.7. The minimum Gasteiger partial charge on any atom is -0.497 e. The van der Waals surface area contributed by atoms with E-state index in [2.05, 4.69) is 20.3 Å². The fourth-order valence-corrected chi connectivity index (χ4v) is 3.12. The number of carbonyl (C=O) groups is 1. The average molecular weight is 375 g/mol. The number of fused-ring (bicyclic) bond motifs is 1. The van der Waals surface area contributed by atoms with Crippen LogP contribution in [0.25, 0.3) is 11.2 Å². The number of carbonyl (C=O) groups excluding carboxylic acids is 1. The predicted molar refractivity (Wildman–Crippen MR) is 98.0 cm³/mol. The zero-order valence-electron chi connectivity index (χ0n) is 14.4. The van der Waals surface area contributed by atoms with Crippen LogP contribution in [0.4, 0.5) is 5.69 Å². The summed E-state index contributed by atoms with van der Waals surface area (Å²) in [6, 6.07) is 5.14. The van der Waals surface area contributed by atoms with Crippen LogP contribution in [0.15, 0.2) is 34.5 Å². The second-order valence-electron chi connectivity index (χ2n) is 5.26. The van der Waals surface area contributed by atoms with Gasteiger partial charge in [0.2, 0.25) is 5.91 Å². The Hall–Kier alpha value is -3.01. The predicted octanol–water partition coefficient (Wildman–Crippen LogP) is 1.40. The van der Waals surface area contributed by atoms with Crippen molar-refractivity contribution in [1.82, 2.24) is 19.5 Å². The number of anilines is 1. The van der Waals surface area contributed by atoms with Crippen LogP contribution in [-0.2, 0) is 11.8 Å². The first-order chi connectivity index (χ1) is 12.5. The van der Waals surface area contributed by atoms with E-state index in [0.29, 0.717) is 28.0 Å². The maximum absolute atomic E-state index is 12.3. The molecule has 3 rings (SSSR count). The lowest BCUT2D eigenvalue weighted by atomic mass is 10.2. The Balaban J connectivity index is 1.73. The van der Waals surface area contributed by atoms with Crippen LogP contribution in [0.3, 0.4) is 0 Å². The van der Waals surface area contributed by atoms with Gasteiger partial charge in [-0.2, -0.15) is 0 Å². The Morgan fingerprint density at radius 3 is 2.85 bits per heavy atom. The Morgan fingerprint density at radius 2 is 2.15 bits per heavy atom. The zero-order chi connectivity index (χ0) is 18.7. The number of benzene rings is 1. The third-order valence-electron chi connectivity index (χ3n) is 3.63. The molecule has 1 amide bonds. The SMILES string of the molecule is COc1ccc(OC)c(NC(=O)CSc2nc3c(=O)[nH]cnc3n2C)c1. The van der Waals surface area contributed by atoms with Crippen LogP contribution in [0, 0.1) is 0 Å². The smallest absolute Gasteiger partial charge is 0.278 e. The quantitative estimate of drug-likeness (QED) is 0.627. The zero-order valence-corrected chi connectivity index (χ0v) is 15.2. The lowest BCUT2D eigenvalue weighted by Gasteiger charge is -2.11. The number of nitrogens with one attached hydrogen (secondary N) is 2. The number of amides is 1. The van der Waals surface area contributed by atoms with Crippen molar-refractivity contribution < 1.29 is 14.3 Å². The average Bonchev–Trinajstić information content (AvgIpc) is 2.97. The Bertz CT molecular complexity index is 1010. The Labute approximate surface area is 152 Å². The molecule has 136 valence electrons. The van der Waals surface area contributed by atoms with Crippen LogP contribution in [0.5, 0.6) is 11.5 Å². The van der Waals surface area contributed by atoms with Crippen molar-refractivity contribution in [2.24, 2.45) is 7.05 Å². The molecule has 0 spiro atoms. The van der Waals surface area contributed by atoms with Gasteiger partial charge in [-0.25, -0.2) is 9.97 Å². The van der Waals surface area contributed by atoms with Gasteiger partial charge in [-0.05, 0) is 12.1 Å². The highest BCUT2D eigenvalue weighted by Gasteiger charge is 2.15. The number of hydrogen-bond donors (Lipinski definition) is 2. The van der Waals surface area contributed by atoms with Gasteiger partial charge in [0, 0.05) is 13.1 Å². The largest absolute Gasteiger partial charge is 0.497 e. The fourth-order valence-electron chi connectivity index (χ4n) is 2.35. The van der Waals surface area contributed by atoms with Crippen LogP contribution < -0.4 is 20.3 Å². The number of aryl methyl sites for hydroxylation is 1. The highest BCUT2D eigenvalue weighted by molar-refractivity contribution is 7.99. The second kappa shape index (κ2) is 7.48. The third kappa shape index (κ3) is 3.49. The minimum absolute atomic E-state index is 0.107. The van der Waals surface area contributed by atoms with E-state index in [1.54, 1.807) is 36.9 Å². The van der Waals surface area contributed by atoms with E-state index in [1.807, 2.05) is 0 Å². The van der Waals surface area contributed by atoms with Gasteiger partial charge < -0.3 is 24.3 Å². The number of methoxy groups -OCH3 is 2. The summed E-state index contributed by atoms with van der Waals surface area (Å²) in [6.07, 6.45) is 1.32. The minimum atomic E-state index is -0.317. The van der Waals surface area contributed by atoms with Crippen molar-refractivity contribution in [1.29, 1.82) is 0 Å². The standard InChI is InChI=1S/C16H17N5O4S/c1-21-14-13(15(23)18-8-17-14)20-16(21)26-7-12(22)19-10-6-9(24-2)4-5-11(10)25-3/h4-6,8H,7H2,1-3H3,(H,19,22)(H,17,18,23). The molecule has 2 heterocycles. The molecule has 10 heteroatoms. The number of H-pyrrole nitrogens is 1. The van der Waals surface area contributed by atoms with Crippen molar-refractivity contribution in [2.75, 3.05) is 25.3 Å². The van der Waals surface area contributed by atoms with E-state index in [0.717, 1.165) is 0 Å². The van der Waals surface area contributed by atoms with E-state index in [1.165, 1.54) is 25.2 Å². The van der Waals surface area contributed by atoms with Crippen LogP contribution in [0.2, 0.25) is 0 Å². The Morgan fingerprint density at radius 1 is 1.35 bits per heavy atom. The molecule has 2 N–H and O–H groups in total. The van der Waals surface area contributed by atoms with Gasteiger partial charge in [0.25, 0.3) is 5.56 Å². The number of aromatic nitrogens is 4. The molecule has 0 unspecified atom stereocenters. The molecule has 0 aliphatic rings. The fraction of sp³-hybridized carbons (Fsp3) is 0.250. The first kappa shape index (κ1) is 17.8. The van der Waals surface area contributed by atoms with Gasteiger partial charge in [-0.3, -0.25) is 9.59 Å². The van der Waals surface area contributed by atoms with E-state index in [9.17, 15) is 9.59 Å². The van der Waals surface area contributed by atoms with E-state index in [-0.39, 0.29) is 22.7 Å². The summed E-state index contributed by atoms with van der Waals surface area (Å²) in [4.78, 5) is 34.9. The van der Waals surface area contributed by atoms with E-state index in [4.69, 9.17) is 9.47 Å². The Kier molecular flexibility index (Phi) is 5.12. The molecule has 2 aromatic heterocycles. The van der Waals surface area contributed by atoms with Gasteiger partial charge in [0.1, 0.15) is 11.5 Å². The first-order valence-electron chi connectivity index (χ1n) is 7.58. The molecular formula is C16H17N5O4S. The molecule has 0 saturated heterocycles. The maximum Gasteiger partial charge on any atom is 0.278 e. The molecule has 3 aromatic rings. The summed E-state index contributed by atoms with van der Waals surface area (Å²) in [5, 5.41) is 3.31. The summed E-state index contributed by atoms with van der Waals surface area (Å²) in [5.74, 6) is 1.00. The number of ether oxygens (including phenoxy) is 2. The van der Waals surface area contributed by atoms with Crippen molar-refractivity contribution in [2.45, 2.75) is 5.16 Å². The van der Waals surface area contributed by atoms with E-state index >= 15 is 0 Å². The molecule has 0 radical (unpaired) electrons. The maximum atomic E-state index is 12.3. The molecule has 9 nitrogen and oxygen atoms in total. The molecule has 0 atom stereocenters. The van der Waals surface area contributed by atoms with E-state index < -0.39 is 0 Å². The van der Waals surface area contributed by atoms with Gasteiger partial charge in [-0.15, -0.1) is 0 Å². The number of imidazole rings is 1. The number of rotatable bonds is 6. The molecule has 0 fully saturated rings. The van der Waals surface area contributed by atoms with Crippen LogP contribution >= 0.6 is 11.8 Å². The number of hydrogen-bond acceptors (Lipinski definition) is 7. The molecule has 0 aliphatic carbocycles. The molecule has 1 aromatic carbocycles. The van der Waals surface area contributed by atoms with Crippen LogP contribution in [-0.4, -0.2) is 45.4 Å². The first-order valence-corrected chi connectivity index (χ1v) is 8.57. The number of thioether (sulfide) groups is 1. The number of nitrogens with zero attached hydrogens (tertiary/aromatic N) is 3. The van der Waals surface area contributed by atoms with Crippen LogP contribution in [0.1, 0.15) is 0 Å². The summed E-state index contributed by atoms with van der Waals surface area (Å²) >= 11 is 1.21. The monoisotopic (exact) mass is 375 g/mol. The van der Waals surface area contributed by atoms with Gasteiger partial charge in [0.15, 0.2) is 16.3 Å². The number of aromatic amines is 1. The highest BCUT2D eigenvalue weighted by Crippen LogP contribution is 2.29. The van der Waals surface area contributed by atoms with Gasteiger partial charge in [0.05, 0.1) is 32.0 Å². The summed E-state index contributed by atoms with van der Waals surface area (Å²) in [6.45, 7) is 0. The van der Waals surface area contributed by atoms with Gasteiger partial charge >= 0.3 is 0 Å². The van der Waals surface area contributed by atoms with Crippen molar-refractivity contribution in [3.05, 3.63) is 34.9 Å². The summed E-state index contributed by atoms with van der Waals surface area (Å²) < 4.78 is 12.1. The lowest BCUT2D eigenvalue weighted by molar-refractivity contribution is -0.113. The highest BCUT2D eigenvalue weighted by atomic mass is 32.2. The molecular weight excluding hydrogens is 358 g/mol. The molecule has 0 bridgehead atoms. The molecule has 0 saturated carbocycles. The van der Waals surface area contributed by atoms with Crippen molar-refractivity contribution in [3.63, 3.8) is 0 Å².